The monoisotopic (exact) mass is 261 g/mol. The molecule has 104 valence electrons. The number of aromatic nitrogens is 1. The van der Waals surface area contributed by atoms with Crippen molar-refractivity contribution < 1.29 is 4.79 Å². The van der Waals surface area contributed by atoms with Crippen LogP contribution >= 0.6 is 0 Å². The van der Waals surface area contributed by atoms with Gasteiger partial charge in [-0.2, -0.15) is 0 Å². The lowest BCUT2D eigenvalue weighted by atomic mass is 10.0. The van der Waals surface area contributed by atoms with Gasteiger partial charge < -0.3 is 10.2 Å². The van der Waals surface area contributed by atoms with Gasteiger partial charge in [-0.3, -0.25) is 4.79 Å². The maximum absolute atomic E-state index is 12.4. The number of nitrogens with one attached hydrogen (secondary N) is 1. The quantitative estimate of drug-likeness (QED) is 0.909. The summed E-state index contributed by atoms with van der Waals surface area (Å²) in [5.41, 5.74) is 0.955. The first-order chi connectivity index (χ1) is 9.08. The second kappa shape index (κ2) is 6.04. The summed E-state index contributed by atoms with van der Waals surface area (Å²) in [6.45, 7) is 6.88. The molecule has 1 N–H and O–H groups in total. The lowest BCUT2D eigenvalue weighted by molar-refractivity contribution is -0.134. The van der Waals surface area contributed by atoms with Gasteiger partial charge in [0.1, 0.15) is 11.9 Å². The van der Waals surface area contributed by atoms with Crippen LogP contribution in [0.4, 0.5) is 5.82 Å². The molecule has 0 radical (unpaired) electrons. The normalized spacial score (nSPS) is 21.0. The molecule has 2 heterocycles. The second-order valence-electron chi connectivity index (χ2n) is 5.41. The zero-order chi connectivity index (χ0) is 13.8. The third-order valence-corrected chi connectivity index (χ3v) is 3.71. The van der Waals surface area contributed by atoms with Crippen LogP contribution in [-0.2, 0) is 4.79 Å². The van der Waals surface area contributed by atoms with E-state index in [1.54, 1.807) is 0 Å². The van der Waals surface area contributed by atoms with Crippen LogP contribution in [0.3, 0.4) is 0 Å². The molecule has 0 saturated carbocycles. The fourth-order valence-electron chi connectivity index (χ4n) is 2.58. The number of piperidine rings is 1. The van der Waals surface area contributed by atoms with E-state index >= 15 is 0 Å². The number of carbonyl (C=O) groups is 1. The van der Waals surface area contributed by atoms with Crippen molar-refractivity contribution in [3.8, 4) is 0 Å². The van der Waals surface area contributed by atoms with Gasteiger partial charge in [0.05, 0.1) is 0 Å². The smallest absolute Gasteiger partial charge is 0.245 e. The summed E-state index contributed by atoms with van der Waals surface area (Å²) in [4.78, 5) is 18.8. The molecule has 0 spiro atoms. The first kappa shape index (κ1) is 13.8. The SMILES string of the molecule is Cc1cccc(NC(C)C(=O)N2CCCCC2C)n1. The topological polar surface area (TPSA) is 45.2 Å². The van der Waals surface area contributed by atoms with Crippen molar-refractivity contribution in [1.29, 1.82) is 0 Å². The minimum absolute atomic E-state index is 0.176. The Bertz CT molecular complexity index is 447. The number of nitrogens with zero attached hydrogens (tertiary/aromatic N) is 2. The first-order valence-electron chi connectivity index (χ1n) is 7.08. The highest BCUT2D eigenvalue weighted by Crippen LogP contribution is 2.18. The van der Waals surface area contributed by atoms with Crippen LogP contribution in [0.15, 0.2) is 18.2 Å². The third kappa shape index (κ3) is 3.46. The summed E-state index contributed by atoms with van der Waals surface area (Å²) in [7, 11) is 0. The zero-order valence-electron chi connectivity index (χ0n) is 12.0. The van der Waals surface area contributed by atoms with E-state index in [1.165, 1.54) is 6.42 Å². The Kier molecular flexibility index (Phi) is 4.40. The molecule has 1 aromatic heterocycles. The fraction of sp³-hybridized carbons (Fsp3) is 0.600. The largest absolute Gasteiger partial charge is 0.359 e. The molecule has 1 aliphatic heterocycles. The molecular formula is C15H23N3O. The summed E-state index contributed by atoms with van der Waals surface area (Å²) in [6, 6.07) is 5.93. The van der Waals surface area contributed by atoms with Gasteiger partial charge in [-0.25, -0.2) is 4.98 Å². The van der Waals surface area contributed by atoms with Crippen LogP contribution in [-0.4, -0.2) is 34.4 Å². The summed E-state index contributed by atoms with van der Waals surface area (Å²) >= 11 is 0. The van der Waals surface area contributed by atoms with Gasteiger partial charge >= 0.3 is 0 Å². The van der Waals surface area contributed by atoms with Gasteiger partial charge in [0.25, 0.3) is 0 Å². The van der Waals surface area contributed by atoms with E-state index < -0.39 is 0 Å². The molecule has 1 amide bonds. The zero-order valence-corrected chi connectivity index (χ0v) is 12.0. The standard InChI is InChI=1S/C15H23N3O/c1-11-7-6-9-14(16-11)17-13(3)15(19)18-10-5-4-8-12(18)2/h6-7,9,12-13H,4-5,8,10H2,1-3H3,(H,16,17). The fourth-order valence-corrected chi connectivity index (χ4v) is 2.58. The molecule has 0 aromatic carbocycles. The van der Waals surface area contributed by atoms with Crippen molar-refractivity contribution >= 4 is 11.7 Å². The number of hydrogen-bond acceptors (Lipinski definition) is 3. The third-order valence-electron chi connectivity index (χ3n) is 3.71. The number of hydrogen-bond donors (Lipinski definition) is 1. The van der Waals surface area contributed by atoms with E-state index in [0.717, 1.165) is 30.9 Å². The highest BCUT2D eigenvalue weighted by molar-refractivity contribution is 5.84. The van der Waals surface area contributed by atoms with E-state index in [4.69, 9.17) is 0 Å². The molecule has 2 atom stereocenters. The molecule has 1 saturated heterocycles. The van der Waals surface area contributed by atoms with E-state index in [9.17, 15) is 4.79 Å². The lowest BCUT2D eigenvalue weighted by Crippen LogP contribution is -2.48. The number of carbonyl (C=O) groups excluding carboxylic acids is 1. The molecule has 0 aliphatic carbocycles. The predicted octanol–water partition coefficient (Wildman–Crippen LogP) is 2.59. The van der Waals surface area contributed by atoms with Gasteiger partial charge in [-0.15, -0.1) is 0 Å². The van der Waals surface area contributed by atoms with Crippen molar-refractivity contribution in [2.75, 3.05) is 11.9 Å². The van der Waals surface area contributed by atoms with E-state index in [2.05, 4.69) is 17.2 Å². The number of anilines is 1. The van der Waals surface area contributed by atoms with Crippen LogP contribution in [0.2, 0.25) is 0 Å². The molecule has 1 aliphatic rings. The van der Waals surface area contributed by atoms with E-state index in [0.29, 0.717) is 6.04 Å². The van der Waals surface area contributed by atoms with Crippen LogP contribution in [0.25, 0.3) is 0 Å². The van der Waals surface area contributed by atoms with Crippen LogP contribution < -0.4 is 5.32 Å². The average molecular weight is 261 g/mol. The molecule has 0 bridgehead atoms. The number of likely N-dealkylation sites (tertiary alicyclic amines) is 1. The second-order valence-corrected chi connectivity index (χ2v) is 5.41. The molecule has 4 nitrogen and oxygen atoms in total. The van der Waals surface area contributed by atoms with Crippen molar-refractivity contribution in [3.05, 3.63) is 23.9 Å². The molecule has 1 aromatic rings. The highest BCUT2D eigenvalue weighted by Gasteiger charge is 2.26. The van der Waals surface area contributed by atoms with Crippen molar-refractivity contribution in [2.45, 2.75) is 52.1 Å². The number of amides is 1. The highest BCUT2D eigenvalue weighted by atomic mass is 16.2. The molecule has 2 rings (SSSR count). The minimum Gasteiger partial charge on any atom is -0.359 e. The summed E-state index contributed by atoms with van der Waals surface area (Å²) in [6.07, 6.45) is 3.46. The van der Waals surface area contributed by atoms with Crippen LogP contribution in [0.5, 0.6) is 0 Å². The summed E-state index contributed by atoms with van der Waals surface area (Å²) in [5.74, 6) is 0.945. The van der Waals surface area contributed by atoms with E-state index in [-0.39, 0.29) is 11.9 Å². The molecule has 2 unspecified atom stereocenters. The summed E-state index contributed by atoms with van der Waals surface area (Å²) < 4.78 is 0. The first-order valence-corrected chi connectivity index (χ1v) is 7.08. The molecular weight excluding hydrogens is 238 g/mol. The number of rotatable bonds is 3. The maximum atomic E-state index is 12.4. The van der Waals surface area contributed by atoms with Crippen molar-refractivity contribution in [3.63, 3.8) is 0 Å². The minimum atomic E-state index is -0.227. The van der Waals surface area contributed by atoms with Crippen LogP contribution in [0.1, 0.15) is 38.8 Å². The molecule has 4 heteroatoms. The lowest BCUT2D eigenvalue weighted by Gasteiger charge is -2.35. The number of aryl methyl sites for hydroxylation is 1. The van der Waals surface area contributed by atoms with Gasteiger partial charge in [0.2, 0.25) is 5.91 Å². The van der Waals surface area contributed by atoms with Crippen molar-refractivity contribution in [1.82, 2.24) is 9.88 Å². The average Bonchev–Trinajstić information content (AvgIpc) is 2.38. The van der Waals surface area contributed by atoms with Gasteiger partial charge in [-0.05, 0) is 52.2 Å². The Hall–Kier alpha value is -1.58. The van der Waals surface area contributed by atoms with Gasteiger partial charge in [0, 0.05) is 18.3 Å². The Labute approximate surface area is 115 Å². The Morgan fingerprint density at radius 3 is 2.95 bits per heavy atom. The molecule has 19 heavy (non-hydrogen) atoms. The Morgan fingerprint density at radius 2 is 2.26 bits per heavy atom. The number of pyridine rings is 1. The summed E-state index contributed by atoms with van der Waals surface area (Å²) in [5, 5.41) is 3.20. The maximum Gasteiger partial charge on any atom is 0.245 e. The Morgan fingerprint density at radius 1 is 1.47 bits per heavy atom. The van der Waals surface area contributed by atoms with Gasteiger partial charge in [-0.1, -0.05) is 6.07 Å². The van der Waals surface area contributed by atoms with Crippen molar-refractivity contribution in [2.24, 2.45) is 0 Å². The molecule has 1 fully saturated rings. The van der Waals surface area contributed by atoms with Crippen LogP contribution in [0, 0.1) is 6.92 Å². The predicted molar refractivity (Wildman–Crippen MR) is 77.1 cm³/mol. The van der Waals surface area contributed by atoms with Gasteiger partial charge in [0.15, 0.2) is 0 Å². The Balaban J connectivity index is 1.99. The van der Waals surface area contributed by atoms with E-state index in [1.807, 2.05) is 36.9 Å².